The third kappa shape index (κ3) is 8.24. The molecular formula is C47H59N3O7. The Morgan fingerprint density at radius 1 is 1.04 bits per heavy atom. The number of carbonyl (C=O) groups excluding carboxylic acids is 1. The Hall–Kier alpha value is -4.22. The van der Waals surface area contributed by atoms with Crippen molar-refractivity contribution in [2.45, 2.75) is 82.1 Å². The normalized spacial score (nSPS) is 26.9. The zero-order valence-corrected chi connectivity index (χ0v) is 33.4. The summed E-state index contributed by atoms with van der Waals surface area (Å²) in [6.07, 6.45) is 11.2. The SMILES string of the molecule is C=CCOC12Oc3ccc(OCCN4CC4)cc3C3C(CCCCO)C(CCCCO)C=C(C(=NOC)CC1N(Cc1cccc4ccccc14)C(=O)C1CC1)C32. The van der Waals surface area contributed by atoms with Crippen LogP contribution in [0.25, 0.3) is 10.8 Å². The summed E-state index contributed by atoms with van der Waals surface area (Å²) in [5, 5.41) is 26.8. The van der Waals surface area contributed by atoms with Crippen molar-refractivity contribution in [3.05, 3.63) is 96.1 Å². The first-order valence-corrected chi connectivity index (χ1v) is 21.2. The summed E-state index contributed by atoms with van der Waals surface area (Å²) in [6.45, 7) is 8.71. The molecule has 1 saturated heterocycles. The zero-order valence-electron chi connectivity index (χ0n) is 33.4. The third-order valence-electron chi connectivity index (χ3n) is 12.9. The van der Waals surface area contributed by atoms with E-state index in [1.165, 1.54) is 0 Å². The van der Waals surface area contributed by atoms with E-state index in [9.17, 15) is 15.0 Å². The van der Waals surface area contributed by atoms with Crippen molar-refractivity contribution < 1.29 is 34.1 Å². The lowest BCUT2D eigenvalue weighted by Crippen LogP contribution is -2.70. The Morgan fingerprint density at radius 3 is 2.58 bits per heavy atom. The van der Waals surface area contributed by atoms with Crippen LogP contribution in [0.2, 0.25) is 0 Å². The average Bonchev–Trinajstić information content (AvgIpc) is 4.17. The number of allylic oxidation sites excluding steroid dienone is 1. The smallest absolute Gasteiger partial charge is 0.239 e. The van der Waals surface area contributed by atoms with Gasteiger partial charge in [0.1, 0.15) is 31.3 Å². The van der Waals surface area contributed by atoms with Gasteiger partial charge in [0.25, 0.3) is 0 Å². The summed E-state index contributed by atoms with van der Waals surface area (Å²) in [5.74, 6) is 0.197. The Kier molecular flexibility index (Phi) is 12.3. The van der Waals surface area contributed by atoms with Crippen LogP contribution in [-0.2, 0) is 20.9 Å². The van der Waals surface area contributed by atoms with Crippen LogP contribution in [-0.4, -0.2) is 96.6 Å². The van der Waals surface area contributed by atoms with Gasteiger partial charge in [-0.25, -0.2) is 0 Å². The predicted octanol–water partition coefficient (Wildman–Crippen LogP) is 7.24. The van der Waals surface area contributed by atoms with E-state index in [1.807, 2.05) is 23.1 Å². The Morgan fingerprint density at radius 2 is 1.82 bits per heavy atom. The summed E-state index contributed by atoms with van der Waals surface area (Å²) in [6, 6.07) is 20.3. The molecule has 3 aromatic carbocycles. The van der Waals surface area contributed by atoms with E-state index in [2.05, 4.69) is 60.0 Å². The number of aliphatic hydroxyl groups is 2. The number of benzene rings is 3. The fraction of sp³-hybridized carbons (Fsp3) is 0.532. The van der Waals surface area contributed by atoms with E-state index < -0.39 is 11.8 Å². The average molecular weight is 778 g/mol. The number of hydrogen-bond donors (Lipinski definition) is 2. The summed E-state index contributed by atoms with van der Waals surface area (Å²) >= 11 is 0. The molecule has 6 atom stereocenters. The highest BCUT2D eigenvalue weighted by atomic mass is 16.7. The second kappa shape index (κ2) is 17.7. The molecule has 10 heteroatoms. The van der Waals surface area contributed by atoms with Gasteiger partial charge in [0.15, 0.2) is 0 Å². The Bertz CT molecular complexity index is 1950. The number of aliphatic hydroxyl groups excluding tert-OH is 2. The van der Waals surface area contributed by atoms with Gasteiger partial charge >= 0.3 is 0 Å². The lowest BCUT2D eigenvalue weighted by Gasteiger charge is -2.60. The molecule has 2 aliphatic heterocycles. The number of hydrogen-bond acceptors (Lipinski definition) is 9. The minimum absolute atomic E-state index is 0.0528. The third-order valence-corrected chi connectivity index (χ3v) is 12.9. The first kappa shape index (κ1) is 39.6. The quantitative estimate of drug-likeness (QED) is 0.0535. The molecule has 0 bridgehead atoms. The topological polar surface area (TPSA) is 113 Å². The minimum atomic E-state index is -1.29. The highest BCUT2D eigenvalue weighted by molar-refractivity contribution is 6.03. The van der Waals surface area contributed by atoms with Gasteiger partial charge in [-0.05, 0) is 90.5 Å². The number of unbranched alkanes of at least 4 members (excludes halogenated alkanes) is 2. The predicted molar refractivity (Wildman–Crippen MR) is 221 cm³/mol. The largest absolute Gasteiger partial charge is 0.492 e. The van der Waals surface area contributed by atoms with Gasteiger partial charge < -0.3 is 34.2 Å². The van der Waals surface area contributed by atoms with Gasteiger partial charge in [-0.2, -0.15) is 0 Å². The molecular weight excluding hydrogens is 719 g/mol. The molecule has 8 rings (SSSR count). The van der Waals surface area contributed by atoms with Crippen molar-refractivity contribution >= 4 is 22.4 Å². The van der Waals surface area contributed by atoms with Gasteiger partial charge in [-0.3, -0.25) is 9.69 Å². The molecule has 1 amide bonds. The maximum atomic E-state index is 14.9. The Labute approximate surface area is 337 Å². The van der Waals surface area contributed by atoms with E-state index in [4.69, 9.17) is 24.2 Å². The fourth-order valence-corrected chi connectivity index (χ4v) is 9.96. The number of carbonyl (C=O) groups is 1. The molecule has 57 heavy (non-hydrogen) atoms. The van der Waals surface area contributed by atoms with Crippen LogP contribution >= 0.6 is 0 Å². The Balaban J connectivity index is 1.31. The number of oxime groups is 1. The molecule has 2 N–H and O–H groups in total. The summed E-state index contributed by atoms with van der Waals surface area (Å²) in [7, 11) is 1.59. The van der Waals surface area contributed by atoms with Gasteiger partial charge in [0.05, 0.1) is 18.2 Å². The molecule has 304 valence electrons. The van der Waals surface area contributed by atoms with Crippen LogP contribution in [0.3, 0.4) is 0 Å². The van der Waals surface area contributed by atoms with Crippen LogP contribution in [0.15, 0.2) is 90.1 Å². The molecule has 0 aromatic heterocycles. The monoisotopic (exact) mass is 777 g/mol. The van der Waals surface area contributed by atoms with Crippen LogP contribution in [0.5, 0.6) is 11.5 Å². The lowest BCUT2D eigenvalue weighted by atomic mass is 9.55. The van der Waals surface area contributed by atoms with Crippen LogP contribution in [0.1, 0.15) is 74.8 Å². The fourth-order valence-electron chi connectivity index (χ4n) is 9.96. The number of rotatable bonds is 20. The number of ether oxygens (including phenoxy) is 3. The first-order valence-electron chi connectivity index (χ1n) is 21.2. The molecule has 0 spiro atoms. The molecule has 2 saturated carbocycles. The molecule has 3 aromatic rings. The summed E-state index contributed by atoms with van der Waals surface area (Å²) < 4.78 is 21.0. The molecule has 5 aliphatic rings. The summed E-state index contributed by atoms with van der Waals surface area (Å²) in [5.41, 5.74) is 3.98. The van der Waals surface area contributed by atoms with Crippen molar-refractivity contribution in [2.75, 3.05) is 53.2 Å². The van der Waals surface area contributed by atoms with Gasteiger partial charge in [0, 0.05) is 63.2 Å². The van der Waals surface area contributed by atoms with E-state index >= 15 is 0 Å². The van der Waals surface area contributed by atoms with Crippen LogP contribution in [0, 0.1) is 23.7 Å². The van der Waals surface area contributed by atoms with Crippen molar-refractivity contribution in [3.8, 4) is 11.5 Å². The van der Waals surface area contributed by atoms with Crippen LogP contribution in [0.4, 0.5) is 0 Å². The van der Waals surface area contributed by atoms with E-state index in [0.29, 0.717) is 26.0 Å². The van der Waals surface area contributed by atoms with Crippen molar-refractivity contribution in [1.82, 2.24) is 9.80 Å². The molecule has 6 unspecified atom stereocenters. The summed E-state index contributed by atoms with van der Waals surface area (Å²) in [4.78, 5) is 24.9. The lowest BCUT2D eigenvalue weighted by molar-refractivity contribution is -0.258. The molecule has 10 nitrogen and oxygen atoms in total. The number of amides is 1. The van der Waals surface area contributed by atoms with Crippen molar-refractivity contribution in [2.24, 2.45) is 28.8 Å². The van der Waals surface area contributed by atoms with E-state index in [-0.39, 0.29) is 55.3 Å². The van der Waals surface area contributed by atoms with Crippen molar-refractivity contribution in [1.29, 1.82) is 0 Å². The maximum absolute atomic E-state index is 14.9. The van der Waals surface area contributed by atoms with Crippen LogP contribution < -0.4 is 9.47 Å². The van der Waals surface area contributed by atoms with E-state index in [0.717, 1.165) is 109 Å². The second-order valence-electron chi connectivity index (χ2n) is 16.5. The molecule has 0 radical (unpaired) electrons. The molecule has 3 fully saturated rings. The second-order valence-corrected chi connectivity index (χ2v) is 16.5. The van der Waals surface area contributed by atoms with Gasteiger partial charge in [-0.15, -0.1) is 6.58 Å². The molecule has 3 aliphatic carbocycles. The number of nitrogens with zero attached hydrogens (tertiary/aromatic N) is 3. The van der Waals surface area contributed by atoms with E-state index in [1.54, 1.807) is 13.2 Å². The number of fused-ring (bicyclic) bond motifs is 3. The van der Waals surface area contributed by atoms with Gasteiger partial charge in [-0.1, -0.05) is 72.6 Å². The minimum Gasteiger partial charge on any atom is -0.492 e. The highest BCUT2D eigenvalue weighted by Gasteiger charge is 2.66. The molecule has 2 heterocycles. The zero-order chi connectivity index (χ0) is 39.4. The standard InChI is InChI=1S/C47H59N3O7/c1-3-26-56-47-43(50(46(53)33-17-18-33)31-35-14-10-13-32-11-4-5-15-37(32)35)30-41(48-54-2)39-28-34(12-6-8-24-51)38(16-7-9-25-52)44(45(39)47)40-29-36(19-20-42(40)57-47)55-27-23-49-21-22-49/h3-5,10-11,13-15,19-20,28-29,33-34,38,43-45,51-52H,1,6-9,12,16-18,21-27,30-31H2,2H3. The highest BCUT2D eigenvalue weighted by Crippen LogP contribution is 2.62. The van der Waals surface area contributed by atoms with Crippen molar-refractivity contribution in [3.63, 3.8) is 0 Å². The maximum Gasteiger partial charge on any atom is 0.239 e. The van der Waals surface area contributed by atoms with Gasteiger partial charge in [0.2, 0.25) is 11.7 Å². The first-order chi connectivity index (χ1) is 28.0.